The van der Waals surface area contributed by atoms with Crippen LogP contribution >= 0.6 is 12.2 Å². The summed E-state index contributed by atoms with van der Waals surface area (Å²) in [5, 5.41) is 4.44. The molecule has 0 saturated heterocycles. The van der Waals surface area contributed by atoms with Gasteiger partial charge in [-0.3, -0.25) is 15.4 Å². The van der Waals surface area contributed by atoms with Crippen LogP contribution in [0.5, 0.6) is 0 Å². The molecule has 1 N–H and O–H groups in total. The number of nitrogens with zero attached hydrogens (tertiary/aromatic N) is 3. The molecule has 5 heteroatoms. The Bertz CT molecular complexity index is 761. The van der Waals surface area contributed by atoms with Crippen LogP contribution in [0.4, 0.5) is 0 Å². The SMILES string of the molecule is S=C(NN=C(c1ccccn1)c1ccccn1)c1ccccc1. The highest BCUT2D eigenvalue weighted by molar-refractivity contribution is 7.80. The molecule has 0 unspecified atom stereocenters. The van der Waals surface area contributed by atoms with Crippen molar-refractivity contribution in [1.82, 2.24) is 15.4 Å². The Morgan fingerprint density at radius 2 is 1.35 bits per heavy atom. The Hall–Kier alpha value is -2.92. The zero-order valence-corrected chi connectivity index (χ0v) is 13.1. The summed E-state index contributed by atoms with van der Waals surface area (Å²) < 4.78 is 0. The van der Waals surface area contributed by atoms with Gasteiger partial charge in [0.2, 0.25) is 0 Å². The molecule has 23 heavy (non-hydrogen) atoms. The van der Waals surface area contributed by atoms with Crippen molar-refractivity contribution in [3.63, 3.8) is 0 Å². The highest BCUT2D eigenvalue weighted by atomic mass is 32.1. The Kier molecular flexibility index (Phi) is 4.81. The van der Waals surface area contributed by atoms with Crippen molar-refractivity contribution in [2.75, 3.05) is 0 Å². The topological polar surface area (TPSA) is 50.2 Å². The van der Waals surface area contributed by atoms with Gasteiger partial charge in [0.15, 0.2) is 0 Å². The largest absolute Gasteiger partial charge is 0.266 e. The van der Waals surface area contributed by atoms with Gasteiger partial charge in [-0.1, -0.05) is 54.7 Å². The molecule has 112 valence electrons. The van der Waals surface area contributed by atoms with Gasteiger partial charge in [0, 0.05) is 18.0 Å². The summed E-state index contributed by atoms with van der Waals surface area (Å²) in [6, 6.07) is 21.0. The molecule has 4 nitrogen and oxygen atoms in total. The lowest BCUT2D eigenvalue weighted by atomic mass is 10.1. The van der Waals surface area contributed by atoms with Gasteiger partial charge in [0.1, 0.15) is 10.7 Å². The van der Waals surface area contributed by atoms with Crippen LogP contribution in [0.1, 0.15) is 17.0 Å². The molecule has 0 atom stereocenters. The number of hydrogen-bond donors (Lipinski definition) is 1. The van der Waals surface area contributed by atoms with E-state index >= 15 is 0 Å². The standard InChI is InChI=1S/C18H14N4S/c23-18(14-8-2-1-3-9-14)22-21-17(15-10-4-6-12-19-15)16-11-5-7-13-20-16/h1-13H,(H,22,23). The maximum atomic E-state index is 5.38. The number of hydrogen-bond acceptors (Lipinski definition) is 4. The summed E-state index contributed by atoms with van der Waals surface area (Å²) in [5.74, 6) is 0. The van der Waals surface area contributed by atoms with Crippen molar-refractivity contribution in [2.45, 2.75) is 0 Å². The second kappa shape index (κ2) is 7.38. The number of nitrogens with one attached hydrogen (secondary N) is 1. The minimum atomic E-state index is 0.551. The van der Waals surface area contributed by atoms with Gasteiger partial charge >= 0.3 is 0 Å². The molecule has 0 aliphatic heterocycles. The smallest absolute Gasteiger partial charge is 0.135 e. The van der Waals surface area contributed by atoms with Crippen LogP contribution in [0, 0.1) is 0 Å². The van der Waals surface area contributed by atoms with E-state index in [2.05, 4.69) is 20.5 Å². The molecular weight excluding hydrogens is 304 g/mol. The number of benzene rings is 1. The highest BCUT2D eigenvalue weighted by Gasteiger charge is 2.10. The molecule has 0 radical (unpaired) electrons. The third-order valence-corrected chi connectivity index (χ3v) is 3.45. The fraction of sp³-hybridized carbons (Fsp3) is 0. The summed E-state index contributed by atoms with van der Waals surface area (Å²) >= 11 is 5.38. The van der Waals surface area contributed by atoms with E-state index in [-0.39, 0.29) is 0 Å². The van der Waals surface area contributed by atoms with Crippen LogP contribution < -0.4 is 5.43 Å². The van der Waals surface area contributed by atoms with E-state index in [1.54, 1.807) is 12.4 Å². The molecule has 0 aliphatic carbocycles. The molecule has 1 aromatic carbocycles. The lowest BCUT2D eigenvalue weighted by molar-refractivity contribution is 1.03. The number of aromatic nitrogens is 2. The van der Waals surface area contributed by atoms with Crippen molar-refractivity contribution in [2.24, 2.45) is 5.10 Å². The minimum absolute atomic E-state index is 0.551. The Labute approximate surface area is 139 Å². The lowest BCUT2D eigenvalue weighted by Crippen LogP contribution is -2.20. The van der Waals surface area contributed by atoms with E-state index in [9.17, 15) is 0 Å². The summed E-state index contributed by atoms with van der Waals surface area (Å²) in [6.45, 7) is 0. The first-order valence-electron chi connectivity index (χ1n) is 7.10. The van der Waals surface area contributed by atoms with Gasteiger partial charge < -0.3 is 0 Å². The van der Waals surface area contributed by atoms with E-state index in [1.165, 1.54) is 0 Å². The zero-order valence-electron chi connectivity index (χ0n) is 12.3. The second-order valence-corrected chi connectivity index (χ2v) is 5.11. The molecule has 2 heterocycles. The van der Waals surface area contributed by atoms with Crippen molar-refractivity contribution >= 4 is 22.9 Å². The van der Waals surface area contributed by atoms with Gasteiger partial charge in [-0.25, -0.2) is 0 Å². The third kappa shape index (κ3) is 3.84. The number of rotatable bonds is 4. The van der Waals surface area contributed by atoms with E-state index in [1.807, 2.05) is 66.7 Å². The van der Waals surface area contributed by atoms with Crippen molar-refractivity contribution < 1.29 is 0 Å². The first-order chi connectivity index (χ1) is 11.3. The van der Waals surface area contributed by atoms with E-state index in [0.717, 1.165) is 17.0 Å². The predicted octanol–water partition coefficient (Wildman–Crippen LogP) is 3.19. The van der Waals surface area contributed by atoms with Crippen LogP contribution in [-0.2, 0) is 0 Å². The first kappa shape index (κ1) is 15.0. The van der Waals surface area contributed by atoms with E-state index in [0.29, 0.717) is 10.7 Å². The fourth-order valence-corrected chi connectivity index (χ4v) is 2.19. The Morgan fingerprint density at radius 1 is 0.783 bits per heavy atom. The fourth-order valence-electron chi connectivity index (χ4n) is 2.01. The van der Waals surface area contributed by atoms with E-state index in [4.69, 9.17) is 12.2 Å². The molecular formula is C18H14N4S. The molecule has 0 aliphatic rings. The van der Waals surface area contributed by atoms with Crippen LogP contribution in [0.2, 0.25) is 0 Å². The summed E-state index contributed by atoms with van der Waals surface area (Å²) in [5.41, 5.74) is 5.95. The predicted molar refractivity (Wildman–Crippen MR) is 95.4 cm³/mol. The molecule has 0 amide bonds. The van der Waals surface area contributed by atoms with Crippen LogP contribution in [0.3, 0.4) is 0 Å². The summed E-state index contributed by atoms with van der Waals surface area (Å²) in [7, 11) is 0. The van der Waals surface area contributed by atoms with Crippen LogP contribution in [0.15, 0.2) is 84.2 Å². The van der Waals surface area contributed by atoms with Crippen molar-refractivity contribution in [3.8, 4) is 0 Å². The minimum Gasteiger partial charge on any atom is -0.266 e. The van der Waals surface area contributed by atoms with Gasteiger partial charge in [0.05, 0.1) is 11.4 Å². The van der Waals surface area contributed by atoms with Crippen molar-refractivity contribution in [3.05, 3.63) is 96.1 Å². The zero-order chi connectivity index (χ0) is 15.9. The third-order valence-electron chi connectivity index (χ3n) is 3.12. The maximum Gasteiger partial charge on any atom is 0.135 e. The average Bonchev–Trinajstić information content (AvgIpc) is 2.64. The van der Waals surface area contributed by atoms with Gasteiger partial charge in [-0.05, 0) is 24.3 Å². The number of pyridine rings is 2. The van der Waals surface area contributed by atoms with Crippen LogP contribution in [-0.4, -0.2) is 20.7 Å². The Morgan fingerprint density at radius 3 is 1.87 bits per heavy atom. The normalized spacial score (nSPS) is 9.91. The lowest BCUT2D eigenvalue weighted by Gasteiger charge is -2.07. The Balaban J connectivity index is 1.91. The highest BCUT2D eigenvalue weighted by Crippen LogP contribution is 2.06. The maximum absolute atomic E-state index is 5.38. The van der Waals surface area contributed by atoms with Crippen LogP contribution in [0.25, 0.3) is 0 Å². The van der Waals surface area contributed by atoms with Gasteiger partial charge in [0.25, 0.3) is 0 Å². The second-order valence-electron chi connectivity index (χ2n) is 4.70. The summed E-state index contributed by atoms with van der Waals surface area (Å²) in [4.78, 5) is 9.26. The molecule has 0 spiro atoms. The molecule has 0 bridgehead atoms. The molecule has 0 fully saturated rings. The molecule has 3 rings (SSSR count). The summed E-state index contributed by atoms with van der Waals surface area (Å²) in [6.07, 6.45) is 3.45. The first-order valence-corrected chi connectivity index (χ1v) is 7.51. The molecule has 0 saturated carbocycles. The monoisotopic (exact) mass is 318 g/mol. The quantitative estimate of drug-likeness (QED) is 0.456. The molecule has 3 aromatic rings. The van der Waals surface area contributed by atoms with E-state index < -0.39 is 0 Å². The van der Waals surface area contributed by atoms with Gasteiger partial charge in [-0.15, -0.1) is 0 Å². The molecule has 2 aromatic heterocycles. The number of thiocarbonyl (C=S) groups is 1. The van der Waals surface area contributed by atoms with Crippen molar-refractivity contribution in [1.29, 1.82) is 0 Å². The van der Waals surface area contributed by atoms with Gasteiger partial charge in [-0.2, -0.15) is 5.10 Å². The number of hydrazone groups is 1. The average molecular weight is 318 g/mol.